The molecule has 1 aliphatic rings. The first kappa shape index (κ1) is 15.9. The standard InChI is InChI=1S/C17H21N3O2S/c1-12-5-4-9-19(11-12)15(21)8-10-20-16(22)13-6-2-3-7-14(13)18-17(20)23/h2-3,6-7,12H,4-5,8-11H2,1H3,(H,18,23)/t12-/m0/s1. The third kappa shape index (κ3) is 3.37. The van der Waals surface area contributed by atoms with Crippen molar-refractivity contribution in [2.24, 2.45) is 5.92 Å². The van der Waals surface area contributed by atoms with Crippen molar-refractivity contribution in [3.8, 4) is 0 Å². The first-order chi connectivity index (χ1) is 11.1. The Hall–Kier alpha value is -1.95. The van der Waals surface area contributed by atoms with Crippen LogP contribution in [-0.2, 0) is 11.3 Å². The van der Waals surface area contributed by atoms with Gasteiger partial charge in [-0.2, -0.15) is 0 Å². The quantitative estimate of drug-likeness (QED) is 0.880. The van der Waals surface area contributed by atoms with Crippen LogP contribution in [0.3, 0.4) is 0 Å². The highest BCUT2D eigenvalue weighted by Gasteiger charge is 2.20. The van der Waals surface area contributed by atoms with E-state index in [9.17, 15) is 9.59 Å². The number of benzene rings is 1. The van der Waals surface area contributed by atoms with E-state index in [2.05, 4.69) is 11.9 Å². The fourth-order valence-corrected chi connectivity index (χ4v) is 3.47. The summed E-state index contributed by atoms with van der Waals surface area (Å²) in [5, 5.41) is 0.597. The van der Waals surface area contributed by atoms with Crippen molar-refractivity contribution < 1.29 is 4.79 Å². The summed E-state index contributed by atoms with van der Waals surface area (Å²) >= 11 is 5.28. The fraction of sp³-hybridized carbons (Fsp3) is 0.471. The lowest BCUT2D eigenvalue weighted by Crippen LogP contribution is -2.39. The van der Waals surface area contributed by atoms with Crippen LogP contribution >= 0.6 is 12.2 Å². The van der Waals surface area contributed by atoms with Gasteiger partial charge in [0.1, 0.15) is 0 Å². The van der Waals surface area contributed by atoms with Crippen molar-refractivity contribution in [1.29, 1.82) is 0 Å². The maximum atomic E-state index is 12.5. The van der Waals surface area contributed by atoms with Crippen molar-refractivity contribution in [2.75, 3.05) is 13.1 Å². The van der Waals surface area contributed by atoms with Crippen LogP contribution < -0.4 is 5.56 Å². The molecule has 3 rings (SSSR count). The Bertz CT molecular complexity index is 840. The molecule has 0 radical (unpaired) electrons. The molecule has 2 heterocycles. The van der Waals surface area contributed by atoms with E-state index in [1.165, 1.54) is 11.0 Å². The molecular weight excluding hydrogens is 310 g/mol. The van der Waals surface area contributed by atoms with Gasteiger partial charge in [0.25, 0.3) is 5.56 Å². The molecule has 5 nitrogen and oxygen atoms in total. The Labute approximate surface area is 139 Å². The monoisotopic (exact) mass is 331 g/mol. The SMILES string of the molecule is C[C@H]1CCCN(C(=O)CCn2c(=S)[nH]c3ccccc3c2=O)C1. The number of rotatable bonds is 3. The predicted octanol–water partition coefficient (Wildman–Crippen LogP) is 2.71. The number of carbonyl (C=O) groups excluding carboxylic acids is 1. The van der Waals surface area contributed by atoms with E-state index in [0.717, 1.165) is 25.0 Å². The van der Waals surface area contributed by atoms with E-state index in [0.29, 0.717) is 29.0 Å². The summed E-state index contributed by atoms with van der Waals surface area (Å²) in [5.41, 5.74) is 0.596. The van der Waals surface area contributed by atoms with Gasteiger partial charge < -0.3 is 9.88 Å². The lowest BCUT2D eigenvalue weighted by atomic mass is 10.00. The smallest absolute Gasteiger partial charge is 0.262 e. The van der Waals surface area contributed by atoms with Crippen molar-refractivity contribution in [3.63, 3.8) is 0 Å². The summed E-state index contributed by atoms with van der Waals surface area (Å²) in [4.78, 5) is 29.9. The van der Waals surface area contributed by atoms with Gasteiger partial charge in [-0.25, -0.2) is 0 Å². The third-order valence-corrected chi connectivity index (χ3v) is 4.77. The average molecular weight is 331 g/mol. The predicted molar refractivity (Wildman–Crippen MR) is 93.0 cm³/mol. The number of hydrogen-bond acceptors (Lipinski definition) is 3. The summed E-state index contributed by atoms with van der Waals surface area (Å²) in [7, 11) is 0. The molecule has 1 N–H and O–H groups in total. The molecule has 1 amide bonds. The number of piperidine rings is 1. The number of nitrogens with one attached hydrogen (secondary N) is 1. The third-order valence-electron chi connectivity index (χ3n) is 4.45. The minimum Gasteiger partial charge on any atom is -0.342 e. The van der Waals surface area contributed by atoms with E-state index in [1.54, 1.807) is 6.07 Å². The van der Waals surface area contributed by atoms with Crippen LogP contribution in [0, 0.1) is 10.7 Å². The van der Waals surface area contributed by atoms with Crippen LogP contribution in [0.5, 0.6) is 0 Å². The van der Waals surface area contributed by atoms with Crippen LogP contribution in [-0.4, -0.2) is 33.4 Å². The summed E-state index contributed by atoms with van der Waals surface area (Å²) < 4.78 is 1.86. The molecule has 0 spiro atoms. The van der Waals surface area contributed by atoms with Crippen molar-refractivity contribution in [3.05, 3.63) is 39.4 Å². The van der Waals surface area contributed by atoms with Gasteiger partial charge in [0.15, 0.2) is 4.77 Å². The number of para-hydroxylation sites is 1. The highest BCUT2D eigenvalue weighted by molar-refractivity contribution is 7.71. The van der Waals surface area contributed by atoms with E-state index in [-0.39, 0.29) is 11.5 Å². The number of hydrogen-bond donors (Lipinski definition) is 1. The van der Waals surface area contributed by atoms with Crippen LogP contribution in [0.1, 0.15) is 26.2 Å². The molecule has 1 atom stereocenters. The first-order valence-electron chi connectivity index (χ1n) is 8.06. The molecule has 2 aromatic rings. The number of carbonyl (C=O) groups is 1. The molecule has 1 aromatic carbocycles. The molecule has 0 saturated carbocycles. The zero-order valence-electron chi connectivity index (χ0n) is 13.2. The number of H-pyrrole nitrogens is 1. The minimum absolute atomic E-state index is 0.103. The molecule has 6 heteroatoms. The Morgan fingerprint density at radius 2 is 2.17 bits per heavy atom. The highest BCUT2D eigenvalue weighted by Crippen LogP contribution is 2.16. The van der Waals surface area contributed by atoms with E-state index < -0.39 is 0 Å². The molecule has 23 heavy (non-hydrogen) atoms. The van der Waals surface area contributed by atoms with Gasteiger partial charge >= 0.3 is 0 Å². The highest BCUT2D eigenvalue weighted by atomic mass is 32.1. The van der Waals surface area contributed by atoms with Crippen molar-refractivity contribution in [1.82, 2.24) is 14.5 Å². The number of aromatic amines is 1. The molecule has 1 fully saturated rings. The van der Waals surface area contributed by atoms with E-state index >= 15 is 0 Å². The second-order valence-corrected chi connectivity index (χ2v) is 6.66. The Kier molecular flexibility index (Phi) is 4.61. The van der Waals surface area contributed by atoms with Crippen LogP contribution in [0.2, 0.25) is 0 Å². The number of nitrogens with zero attached hydrogens (tertiary/aromatic N) is 2. The topological polar surface area (TPSA) is 58.1 Å². The molecule has 1 aliphatic heterocycles. The van der Waals surface area contributed by atoms with E-state index in [1.807, 2.05) is 23.1 Å². The fourth-order valence-electron chi connectivity index (χ4n) is 3.18. The number of amides is 1. The maximum absolute atomic E-state index is 12.5. The van der Waals surface area contributed by atoms with Crippen molar-refractivity contribution in [2.45, 2.75) is 32.7 Å². The summed E-state index contributed by atoms with van der Waals surface area (Å²) in [6, 6.07) is 7.29. The lowest BCUT2D eigenvalue weighted by Gasteiger charge is -2.31. The van der Waals surface area contributed by atoms with Crippen molar-refractivity contribution >= 4 is 29.0 Å². The maximum Gasteiger partial charge on any atom is 0.262 e. The van der Waals surface area contributed by atoms with Crippen LogP contribution in [0.4, 0.5) is 0 Å². The number of likely N-dealkylation sites (tertiary alicyclic amines) is 1. The lowest BCUT2D eigenvalue weighted by molar-refractivity contribution is -0.133. The molecule has 0 unspecified atom stereocenters. The Morgan fingerprint density at radius 3 is 2.96 bits per heavy atom. The summed E-state index contributed by atoms with van der Waals surface area (Å²) in [5.74, 6) is 0.657. The molecule has 122 valence electrons. The molecule has 0 bridgehead atoms. The molecular formula is C17H21N3O2S. The summed E-state index contributed by atoms with van der Waals surface area (Å²) in [6.45, 7) is 4.13. The zero-order chi connectivity index (χ0) is 16.4. The van der Waals surface area contributed by atoms with Gasteiger partial charge in [0.05, 0.1) is 10.9 Å². The van der Waals surface area contributed by atoms with Crippen LogP contribution in [0.15, 0.2) is 29.1 Å². The number of fused-ring (bicyclic) bond motifs is 1. The van der Waals surface area contributed by atoms with Gasteiger partial charge in [-0.1, -0.05) is 19.1 Å². The molecule has 0 aliphatic carbocycles. The van der Waals surface area contributed by atoms with E-state index in [4.69, 9.17) is 12.2 Å². The molecule has 1 aromatic heterocycles. The van der Waals surface area contributed by atoms with Gasteiger partial charge in [-0.15, -0.1) is 0 Å². The Balaban J connectivity index is 1.78. The second-order valence-electron chi connectivity index (χ2n) is 6.27. The average Bonchev–Trinajstić information content (AvgIpc) is 2.54. The van der Waals surface area contributed by atoms with Gasteiger partial charge in [0.2, 0.25) is 5.91 Å². The minimum atomic E-state index is -0.135. The zero-order valence-corrected chi connectivity index (χ0v) is 14.1. The van der Waals surface area contributed by atoms with Crippen LogP contribution in [0.25, 0.3) is 10.9 Å². The van der Waals surface area contributed by atoms with Gasteiger partial charge in [0, 0.05) is 26.1 Å². The van der Waals surface area contributed by atoms with Gasteiger partial charge in [-0.3, -0.25) is 14.2 Å². The Morgan fingerprint density at radius 1 is 1.39 bits per heavy atom. The summed E-state index contributed by atoms with van der Waals surface area (Å²) in [6.07, 6.45) is 2.55. The van der Waals surface area contributed by atoms with Gasteiger partial charge in [-0.05, 0) is 43.1 Å². The normalized spacial score (nSPS) is 18.3. The largest absolute Gasteiger partial charge is 0.342 e. The first-order valence-corrected chi connectivity index (χ1v) is 8.46. The second kappa shape index (κ2) is 6.66. The number of aromatic nitrogens is 2. The molecule has 1 saturated heterocycles.